The third kappa shape index (κ3) is 2.77. The fraction of sp³-hybridized carbons (Fsp3) is 0.0476. The monoisotopic (exact) mass is 414 g/mol. The first-order chi connectivity index (χ1) is 13.8. The largest absolute Gasteiger partial charge is 0.456 e. The third-order valence-corrected chi connectivity index (χ3v) is 4.97. The number of rotatable bonds is 2. The second-order valence-corrected chi connectivity index (χ2v) is 6.96. The van der Waals surface area contributed by atoms with Crippen LogP contribution in [0.25, 0.3) is 22.3 Å². The second kappa shape index (κ2) is 6.09. The van der Waals surface area contributed by atoms with Crippen LogP contribution in [0.4, 0.5) is 13.2 Å². The molecule has 0 amide bonds. The number of benzene rings is 2. The first-order valence-corrected chi connectivity index (χ1v) is 8.91. The number of fused-ring (bicyclic) bond motifs is 4. The van der Waals surface area contributed by atoms with Crippen LogP contribution in [-0.2, 0) is 6.18 Å². The SMILES string of the molecule is O=C1c2c(nc3ccc(C(F)(F)F)cc3c2Oc2ccc(Cl)cc2)-c2cccn21. The van der Waals surface area contributed by atoms with Crippen molar-refractivity contribution >= 4 is 28.4 Å². The van der Waals surface area contributed by atoms with Crippen molar-refractivity contribution < 1.29 is 22.7 Å². The standard InChI is InChI=1S/C21H10ClF3N2O2/c22-12-4-6-13(7-5-12)29-19-14-10-11(21(23,24)25)3-8-15(14)26-18-16-2-1-9-27(16)20(28)17(18)19/h1-10H. The van der Waals surface area contributed by atoms with E-state index < -0.39 is 17.6 Å². The Hall–Kier alpha value is -3.32. The summed E-state index contributed by atoms with van der Waals surface area (Å²) in [4.78, 5) is 17.4. The molecule has 144 valence electrons. The molecule has 29 heavy (non-hydrogen) atoms. The number of pyridine rings is 1. The topological polar surface area (TPSA) is 44.1 Å². The van der Waals surface area contributed by atoms with E-state index in [-0.39, 0.29) is 16.7 Å². The van der Waals surface area contributed by atoms with Crippen LogP contribution in [0.3, 0.4) is 0 Å². The van der Waals surface area contributed by atoms with Gasteiger partial charge in [-0.25, -0.2) is 4.98 Å². The number of hydrogen-bond acceptors (Lipinski definition) is 3. The molecule has 0 fully saturated rings. The molecular formula is C21H10ClF3N2O2. The highest BCUT2D eigenvalue weighted by Gasteiger charge is 2.35. The fourth-order valence-corrected chi connectivity index (χ4v) is 3.52. The Bertz CT molecular complexity index is 1290. The molecule has 0 unspecified atom stereocenters. The van der Waals surface area contributed by atoms with E-state index in [0.29, 0.717) is 27.7 Å². The second-order valence-electron chi connectivity index (χ2n) is 6.52. The van der Waals surface area contributed by atoms with Gasteiger partial charge in [0.1, 0.15) is 17.0 Å². The van der Waals surface area contributed by atoms with Gasteiger partial charge in [0.25, 0.3) is 5.91 Å². The lowest BCUT2D eigenvalue weighted by Gasteiger charge is -2.14. The van der Waals surface area contributed by atoms with Crippen molar-refractivity contribution in [2.24, 2.45) is 0 Å². The van der Waals surface area contributed by atoms with Gasteiger partial charge in [-0.2, -0.15) is 13.2 Å². The molecular weight excluding hydrogens is 405 g/mol. The Morgan fingerprint density at radius 3 is 2.52 bits per heavy atom. The summed E-state index contributed by atoms with van der Waals surface area (Å²) < 4.78 is 47.2. The van der Waals surface area contributed by atoms with Gasteiger partial charge in [0.05, 0.1) is 16.8 Å². The zero-order valence-electron chi connectivity index (χ0n) is 14.5. The first-order valence-electron chi connectivity index (χ1n) is 8.54. The molecule has 0 N–H and O–H groups in total. The minimum Gasteiger partial charge on any atom is -0.456 e. The molecule has 2 aromatic carbocycles. The lowest BCUT2D eigenvalue weighted by Crippen LogP contribution is -2.08. The number of hydrogen-bond donors (Lipinski definition) is 0. The zero-order chi connectivity index (χ0) is 20.3. The highest BCUT2D eigenvalue weighted by atomic mass is 35.5. The summed E-state index contributed by atoms with van der Waals surface area (Å²) in [6, 6.07) is 13.0. The summed E-state index contributed by atoms with van der Waals surface area (Å²) in [6.45, 7) is 0. The maximum Gasteiger partial charge on any atom is 0.416 e. The van der Waals surface area contributed by atoms with Crippen molar-refractivity contribution in [3.63, 3.8) is 0 Å². The lowest BCUT2D eigenvalue weighted by molar-refractivity contribution is -0.137. The average molecular weight is 415 g/mol. The Morgan fingerprint density at radius 1 is 1.03 bits per heavy atom. The number of carbonyl (C=O) groups is 1. The molecule has 0 saturated carbocycles. The maximum atomic E-state index is 13.3. The number of halogens is 4. The van der Waals surface area contributed by atoms with E-state index >= 15 is 0 Å². The van der Waals surface area contributed by atoms with Crippen LogP contribution in [0, 0.1) is 0 Å². The van der Waals surface area contributed by atoms with Crippen LogP contribution in [0.15, 0.2) is 60.8 Å². The summed E-state index contributed by atoms with van der Waals surface area (Å²) in [5.74, 6) is -0.0335. The van der Waals surface area contributed by atoms with E-state index in [1.165, 1.54) is 10.6 Å². The highest BCUT2D eigenvalue weighted by Crippen LogP contribution is 2.44. The molecule has 0 atom stereocenters. The van der Waals surface area contributed by atoms with Gasteiger partial charge in [0, 0.05) is 16.6 Å². The van der Waals surface area contributed by atoms with Gasteiger partial charge in [-0.05, 0) is 54.6 Å². The van der Waals surface area contributed by atoms with Crippen molar-refractivity contribution in [1.29, 1.82) is 0 Å². The Morgan fingerprint density at radius 2 is 1.79 bits per heavy atom. The molecule has 0 aliphatic carbocycles. The average Bonchev–Trinajstić information content (AvgIpc) is 3.26. The number of aromatic nitrogens is 2. The van der Waals surface area contributed by atoms with Gasteiger partial charge in [0.15, 0.2) is 5.75 Å². The number of nitrogens with zero attached hydrogens (tertiary/aromatic N) is 2. The van der Waals surface area contributed by atoms with Crippen LogP contribution >= 0.6 is 11.6 Å². The molecule has 0 bridgehead atoms. The third-order valence-electron chi connectivity index (χ3n) is 4.72. The van der Waals surface area contributed by atoms with Crippen LogP contribution < -0.4 is 4.74 Å². The molecule has 3 heterocycles. The predicted molar refractivity (Wildman–Crippen MR) is 101 cm³/mol. The zero-order valence-corrected chi connectivity index (χ0v) is 15.3. The highest BCUT2D eigenvalue weighted by molar-refractivity contribution is 6.30. The van der Waals surface area contributed by atoms with E-state index in [1.54, 1.807) is 42.6 Å². The lowest BCUT2D eigenvalue weighted by atomic mass is 10.0. The molecule has 0 saturated heterocycles. The molecule has 1 aliphatic rings. The van der Waals surface area contributed by atoms with Crippen LogP contribution in [0.2, 0.25) is 5.02 Å². The minimum atomic E-state index is -4.54. The summed E-state index contributed by atoms with van der Waals surface area (Å²) in [5.41, 5.74) is 0.507. The molecule has 0 spiro atoms. The van der Waals surface area contributed by atoms with Crippen molar-refractivity contribution in [2.75, 3.05) is 0 Å². The van der Waals surface area contributed by atoms with E-state index in [1.807, 2.05) is 0 Å². The van der Waals surface area contributed by atoms with E-state index in [2.05, 4.69) is 4.98 Å². The summed E-state index contributed by atoms with van der Waals surface area (Å²) in [7, 11) is 0. The van der Waals surface area contributed by atoms with Gasteiger partial charge in [-0.15, -0.1) is 0 Å². The quantitative estimate of drug-likeness (QED) is 0.347. The summed E-state index contributed by atoms with van der Waals surface area (Å²) in [5, 5.41) is 0.584. The Kier molecular flexibility index (Phi) is 3.73. The molecule has 1 aliphatic heterocycles. The van der Waals surface area contributed by atoms with Gasteiger partial charge in [0.2, 0.25) is 0 Å². The van der Waals surface area contributed by atoms with Gasteiger partial charge >= 0.3 is 6.18 Å². The van der Waals surface area contributed by atoms with Crippen molar-refractivity contribution in [3.05, 3.63) is 76.9 Å². The van der Waals surface area contributed by atoms with Crippen LogP contribution in [-0.4, -0.2) is 15.5 Å². The summed E-state index contributed by atoms with van der Waals surface area (Å²) >= 11 is 5.90. The normalized spacial score (nSPS) is 12.9. The number of carbonyl (C=O) groups excluding carboxylic acids is 1. The smallest absolute Gasteiger partial charge is 0.416 e. The van der Waals surface area contributed by atoms with Crippen LogP contribution in [0.5, 0.6) is 11.5 Å². The minimum absolute atomic E-state index is 0.0344. The van der Waals surface area contributed by atoms with Crippen molar-refractivity contribution in [2.45, 2.75) is 6.18 Å². The van der Waals surface area contributed by atoms with Gasteiger partial charge < -0.3 is 4.74 Å². The van der Waals surface area contributed by atoms with E-state index in [9.17, 15) is 18.0 Å². The van der Waals surface area contributed by atoms with Crippen LogP contribution in [0.1, 0.15) is 15.9 Å². The first kappa shape index (κ1) is 17.8. The van der Waals surface area contributed by atoms with Crippen molar-refractivity contribution in [1.82, 2.24) is 9.55 Å². The molecule has 8 heteroatoms. The van der Waals surface area contributed by atoms with Crippen molar-refractivity contribution in [3.8, 4) is 22.9 Å². The molecule has 4 nitrogen and oxygen atoms in total. The fourth-order valence-electron chi connectivity index (χ4n) is 3.39. The predicted octanol–water partition coefficient (Wildman–Crippen LogP) is 6.17. The molecule has 0 radical (unpaired) electrons. The Labute approximate surface area is 167 Å². The molecule has 5 rings (SSSR count). The summed E-state index contributed by atoms with van der Waals surface area (Å²) in [6.07, 6.45) is -2.96. The Balaban J connectivity index is 1.80. The molecule has 4 aromatic rings. The number of alkyl halides is 3. The van der Waals surface area contributed by atoms with Gasteiger partial charge in [-0.3, -0.25) is 9.36 Å². The van der Waals surface area contributed by atoms with E-state index in [0.717, 1.165) is 12.1 Å². The van der Waals surface area contributed by atoms with E-state index in [4.69, 9.17) is 16.3 Å². The maximum absolute atomic E-state index is 13.3. The van der Waals surface area contributed by atoms with Gasteiger partial charge in [-0.1, -0.05) is 11.6 Å². The number of ether oxygens (including phenoxy) is 1. The molecule has 2 aromatic heterocycles.